The number of alkyl halides is 6. The molecule has 22 heavy (non-hydrogen) atoms. The van der Waals surface area contributed by atoms with Gasteiger partial charge in [-0.2, -0.15) is 10.2 Å². The second-order valence-corrected chi connectivity index (χ2v) is 8.82. The molecular formula is C12H9Cl6N3O. The molecule has 0 radical (unpaired) electrons. The summed E-state index contributed by atoms with van der Waals surface area (Å²) in [6, 6.07) is 3.62. The molecule has 2 rings (SSSR count). The van der Waals surface area contributed by atoms with Crippen molar-refractivity contribution in [3.8, 4) is 0 Å². The summed E-state index contributed by atoms with van der Waals surface area (Å²) < 4.78 is 1.90. The Labute approximate surface area is 157 Å². The molecule has 1 aliphatic rings. The smallest absolute Gasteiger partial charge is 0.234 e. The van der Waals surface area contributed by atoms with Gasteiger partial charge in [-0.15, -0.1) is 0 Å². The van der Waals surface area contributed by atoms with Crippen molar-refractivity contribution >= 4 is 81.4 Å². The van der Waals surface area contributed by atoms with Crippen LogP contribution in [0.1, 0.15) is 11.5 Å². The van der Waals surface area contributed by atoms with Crippen LogP contribution in [-0.4, -0.2) is 18.4 Å². The molecule has 0 saturated carbocycles. The van der Waals surface area contributed by atoms with Gasteiger partial charge in [-0.05, 0) is 25.1 Å². The topological polar surface area (TPSA) is 40.8 Å². The molecule has 4 nitrogen and oxygen atoms in total. The van der Waals surface area contributed by atoms with Crippen LogP contribution in [0, 0.1) is 6.92 Å². The molecule has 0 bridgehead atoms. The Hall–Kier alpha value is -0.230. The fourth-order valence-electron chi connectivity index (χ4n) is 1.50. The van der Waals surface area contributed by atoms with Crippen molar-refractivity contribution in [3.63, 3.8) is 0 Å². The largest absolute Gasteiger partial charge is 0.462 e. The van der Waals surface area contributed by atoms with Crippen LogP contribution in [0.15, 0.2) is 39.6 Å². The molecule has 0 saturated heterocycles. The maximum absolute atomic E-state index is 5.86. The van der Waals surface area contributed by atoms with Crippen LogP contribution in [-0.2, 0) is 0 Å². The normalized spacial score (nSPS) is 16.6. The SMILES string of the molecule is Cc1ccc(C=CN2N=C(C(Cl)(Cl)Cl)C=C(C(Cl)(Cl)Cl)N2)o1. The number of furan rings is 1. The molecule has 1 aliphatic heterocycles. The van der Waals surface area contributed by atoms with Crippen molar-refractivity contribution in [1.29, 1.82) is 0 Å². The Bertz CT molecular complexity index is 638. The molecule has 0 atom stereocenters. The summed E-state index contributed by atoms with van der Waals surface area (Å²) in [5.41, 5.74) is 3.06. The monoisotopic (exact) mass is 421 g/mol. The zero-order valence-corrected chi connectivity index (χ0v) is 15.5. The van der Waals surface area contributed by atoms with Gasteiger partial charge in [0.05, 0.1) is 11.9 Å². The van der Waals surface area contributed by atoms with E-state index in [0.29, 0.717) is 5.76 Å². The summed E-state index contributed by atoms with van der Waals surface area (Å²) in [6.45, 7) is 1.83. The van der Waals surface area contributed by atoms with Crippen molar-refractivity contribution in [2.45, 2.75) is 14.5 Å². The van der Waals surface area contributed by atoms with Crippen molar-refractivity contribution in [3.05, 3.63) is 41.6 Å². The number of rotatable bonds is 2. The second-order valence-electron chi connectivity index (χ2n) is 4.26. The van der Waals surface area contributed by atoms with Gasteiger partial charge in [0, 0.05) is 6.08 Å². The lowest BCUT2D eigenvalue weighted by molar-refractivity contribution is 0.313. The summed E-state index contributed by atoms with van der Waals surface area (Å²) >= 11 is 35.1. The third kappa shape index (κ3) is 4.88. The van der Waals surface area contributed by atoms with Crippen LogP contribution in [0.4, 0.5) is 0 Å². The van der Waals surface area contributed by atoms with Gasteiger partial charge >= 0.3 is 0 Å². The first-order valence-corrected chi connectivity index (χ1v) is 8.08. The van der Waals surface area contributed by atoms with Crippen molar-refractivity contribution in [1.82, 2.24) is 10.5 Å². The van der Waals surface area contributed by atoms with E-state index in [1.54, 1.807) is 12.1 Å². The molecule has 0 unspecified atom stereocenters. The van der Waals surface area contributed by atoms with Gasteiger partial charge in [0.1, 0.15) is 17.2 Å². The van der Waals surface area contributed by atoms with E-state index in [0.717, 1.165) is 5.76 Å². The summed E-state index contributed by atoms with van der Waals surface area (Å²) in [5, 5.41) is 5.36. The standard InChI is InChI=1S/C12H9Cl6N3O/c1-7-2-3-8(22-7)4-5-21-19-9(11(13,14)15)6-10(20-21)12(16,17)18/h2-6,19H,1H3. The van der Waals surface area contributed by atoms with E-state index in [9.17, 15) is 0 Å². The Morgan fingerprint density at radius 3 is 2.32 bits per heavy atom. The highest BCUT2D eigenvalue weighted by molar-refractivity contribution is 6.78. The van der Waals surface area contributed by atoms with Gasteiger partial charge in [0.25, 0.3) is 0 Å². The minimum atomic E-state index is -1.77. The number of hydrogen-bond donors (Lipinski definition) is 1. The molecule has 1 aromatic heterocycles. The Balaban J connectivity index is 2.27. The lowest BCUT2D eigenvalue weighted by Crippen LogP contribution is -2.40. The zero-order chi connectivity index (χ0) is 16.5. The van der Waals surface area contributed by atoms with Crippen LogP contribution < -0.4 is 5.43 Å². The zero-order valence-electron chi connectivity index (χ0n) is 11.0. The first-order chi connectivity index (χ1) is 10.1. The van der Waals surface area contributed by atoms with Crippen molar-refractivity contribution in [2.24, 2.45) is 5.10 Å². The third-order valence-electron chi connectivity index (χ3n) is 2.47. The van der Waals surface area contributed by atoms with Crippen molar-refractivity contribution in [2.75, 3.05) is 0 Å². The Morgan fingerprint density at radius 1 is 1.14 bits per heavy atom. The lowest BCUT2D eigenvalue weighted by Gasteiger charge is -2.29. The van der Waals surface area contributed by atoms with E-state index in [4.69, 9.17) is 74.0 Å². The number of hydrazine groups is 1. The predicted molar refractivity (Wildman–Crippen MR) is 93.6 cm³/mol. The lowest BCUT2D eigenvalue weighted by atomic mass is 10.3. The molecule has 0 fully saturated rings. The van der Waals surface area contributed by atoms with E-state index in [1.807, 2.05) is 13.0 Å². The minimum Gasteiger partial charge on any atom is -0.462 e. The molecule has 10 heteroatoms. The Morgan fingerprint density at radius 2 is 1.82 bits per heavy atom. The average Bonchev–Trinajstić information content (AvgIpc) is 2.80. The number of hydrazone groups is 1. The fraction of sp³-hybridized carbons (Fsp3) is 0.250. The fourth-order valence-corrected chi connectivity index (χ4v) is 2.07. The number of allylic oxidation sites excluding steroid dienone is 2. The number of nitrogens with one attached hydrogen (secondary N) is 1. The third-order valence-corrected chi connectivity index (χ3v) is 3.66. The van der Waals surface area contributed by atoms with Crippen LogP contribution >= 0.6 is 69.6 Å². The van der Waals surface area contributed by atoms with Gasteiger partial charge in [0.15, 0.2) is 0 Å². The maximum atomic E-state index is 5.86. The summed E-state index contributed by atoms with van der Waals surface area (Å²) in [4.78, 5) is 0. The summed E-state index contributed by atoms with van der Waals surface area (Å²) in [7, 11) is 0. The number of hydrogen-bond acceptors (Lipinski definition) is 4. The molecule has 1 N–H and O–H groups in total. The first-order valence-electron chi connectivity index (χ1n) is 5.81. The predicted octanol–water partition coefficient (Wildman–Crippen LogP) is 5.36. The van der Waals surface area contributed by atoms with E-state index >= 15 is 0 Å². The second kappa shape index (κ2) is 6.71. The quantitative estimate of drug-likeness (QED) is 0.651. The Kier molecular flexibility index (Phi) is 5.53. The molecule has 0 aromatic carbocycles. The highest BCUT2D eigenvalue weighted by atomic mass is 35.6. The van der Waals surface area contributed by atoms with Crippen LogP contribution in [0.25, 0.3) is 6.08 Å². The van der Waals surface area contributed by atoms with Crippen molar-refractivity contribution < 1.29 is 4.42 Å². The van der Waals surface area contributed by atoms with Crippen LogP contribution in [0.5, 0.6) is 0 Å². The summed E-state index contributed by atoms with van der Waals surface area (Å²) in [5.74, 6) is 1.40. The van der Waals surface area contributed by atoms with E-state index in [-0.39, 0.29) is 11.4 Å². The molecule has 0 spiro atoms. The number of nitrogens with zero attached hydrogens (tertiary/aromatic N) is 2. The molecule has 120 valence electrons. The molecule has 1 aromatic rings. The van der Waals surface area contributed by atoms with Gasteiger partial charge < -0.3 is 4.42 Å². The van der Waals surface area contributed by atoms with Crippen LogP contribution in [0.3, 0.4) is 0 Å². The maximum Gasteiger partial charge on any atom is 0.234 e. The van der Waals surface area contributed by atoms with Gasteiger partial charge in [-0.1, -0.05) is 69.6 Å². The van der Waals surface area contributed by atoms with Crippen LogP contribution in [0.2, 0.25) is 0 Å². The van der Waals surface area contributed by atoms with E-state index < -0.39 is 7.59 Å². The molecule has 0 aliphatic carbocycles. The van der Waals surface area contributed by atoms with Gasteiger partial charge in [-0.3, -0.25) is 5.43 Å². The molecular weight excluding hydrogens is 415 g/mol. The average molecular weight is 424 g/mol. The van der Waals surface area contributed by atoms with E-state index in [1.165, 1.54) is 17.4 Å². The molecule has 2 heterocycles. The van der Waals surface area contributed by atoms with Gasteiger partial charge in [-0.25, -0.2) is 0 Å². The highest BCUT2D eigenvalue weighted by Crippen LogP contribution is 2.37. The summed E-state index contributed by atoms with van der Waals surface area (Å²) in [6.07, 6.45) is 4.56. The van der Waals surface area contributed by atoms with Gasteiger partial charge in [0.2, 0.25) is 7.59 Å². The van der Waals surface area contributed by atoms with E-state index in [2.05, 4.69) is 10.5 Å². The first kappa shape index (κ1) is 18.1. The molecule has 0 amide bonds. The number of halogens is 6. The minimum absolute atomic E-state index is 0.0952. The number of aryl methyl sites for hydroxylation is 1. The highest BCUT2D eigenvalue weighted by Gasteiger charge is 2.35.